The smallest absolute Gasteiger partial charge is 0.307 e. The zero-order valence-corrected chi connectivity index (χ0v) is 14.2. The molecule has 0 radical (unpaired) electrons. The van der Waals surface area contributed by atoms with E-state index in [1.165, 1.54) is 0 Å². The molecule has 2 N–H and O–H groups in total. The number of carboxylic acid groups (broad SMARTS) is 1. The molecule has 114 valence electrons. The minimum Gasteiger partial charge on any atom is -0.481 e. The number of aliphatic carboxylic acids is 1. The Morgan fingerprint density at radius 3 is 2.57 bits per heavy atom. The molecule has 3 atom stereocenters. The molecule has 1 fully saturated rings. The van der Waals surface area contributed by atoms with Crippen LogP contribution in [0.2, 0.25) is 5.02 Å². The summed E-state index contributed by atoms with van der Waals surface area (Å²) in [6, 6.07) is 3.50. The minimum absolute atomic E-state index is 0.242. The van der Waals surface area contributed by atoms with Crippen LogP contribution in [-0.2, 0) is 9.59 Å². The molecule has 0 aromatic heterocycles. The van der Waals surface area contributed by atoms with Gasteiger partial charge in [-0.2, -0.15) is 0 Å². The molecule has 21 heavy (non-hydrogen) atoms. The minimum atomic E-state index is -0.902. The van der Waals surface area contributed by atoms with E-state index in [0.717, 1.165) is 10.0 Å². The molecule has 1 aliphatic rings. The molecule has 0 bridgehead atoms. The van der Waals surface area contributed by atoms with E-state index >= 15 is 0 Å². The predicted octanol–water partition coefficient (Wildman–Crippen LogP) is 4.10. The van der Waals surface area contributed by atoms with Crippen molar-refractivity contribution in [2.45, 2.75) is 26.7 Å². The van der Waals surface area contributed by atoms with Crippen LogP contribution >= 0.6 is 27.5 Å². The first-order chi connectivity index (χ1) is 9.79. The Balaban J connectivity index is 2.18. The third-order valence-electron chi connectivity index (χ3n) is 3.96. The number of anilines is 1. The van der Waals surface area contributed by atoms with Crippen LogP contribution in [0.3, 0.4) is 0 Å². The van der Waals surface area contributed by atoms with Gasteiger partial charge >= 0.3 is 5.97 Å². The van der Waals surface area contributed by atoms with Crippen LogP contribution in [0, 0.1) is 24.7 Å². The number of nitrogens with one attached hydrogen (secondary N) is 1. The first-order valence-electron chi connectivity index (χ1n) is 6.79. The number of hydrogen-bond donors (Lipinski definition) is 2. The SMILES string of the molecule is Cc1cc(Br)c(NC(=O)C2CC(C)CC2C(=O)O)cc1Cl. The summed E-state index contributed by atoms with van der Waals surface area (Å²) in [7, 11) is 0. The predicted molar refractivity (Wildman–Crippen MR) is 85.5 cm³/mol. The summed E-state index contributed by atoms with van der Waals surface area (Å²) in [5.74, 6) is -2.02. The molecule has 1 saturated carbocycles. The average Bonchev–Trinajstić information content (AvgIpc) is 2.78. The number of aryl methyl sites for hydroxylation is 1. The first kappa shape index (κ1) is 16.3. The molecule has 1 amide bonds. The van der Waals surface area contributed by atoms with E-state index in [-0.39, 0.29) is 11.8 Å². The van der Waals surface area contributed by atoms with Gasteiger partial charge in [0.2, 0.25) is 5.91 Å². The normalized spacial score (nSPS) is 24.9. The Labute approximate surface area is 137 Å². The molecular formula is C15H17BrClNO3. The number of halogens is 2. The van der Waals surface area contributed by atoms with E-state index in [4.69, 9.17) is 11.6 Å². The van der Waals surface area contributed by atoms with E-state index < -0.39 is 17.8 Å². The van der Waals surface area contributed by atoms with Crippen LogP contribution in [0.25, 0.3) is 0 Å². The lowest BCUT2D eigenvalue weighted by Gasteiger charge is -2.17. The van der Waals surface area contributed by atoms with Crippen molar-refractivity contribution in [3.05, 3.63) is 27.2 Å². The lowest BCUT2D eigenvalue weighted by atomic mass is 9.95. The van der Waals surface area contributed by atoms with Crippen molar-refractivity contribution in [1.82, 2.24) is 0 Å². The summed E-state index contributed by atoms with van der Waals surface area (Å²) in [4.78, 5) is 23.7. The van der Waals surface area contributed by atoms with Gasteiger partial charge in [-0.25, -0.2) is 0 Å². The summed E-state index contributed by atoms with van der Waals surface area (Å²) in [6.45, 7) is 3.85. The Bertz CT molecular complexity index is 591. The van der Waals surface area contributed by atoms with Gasteiger partial charge in [-0.3, -0.25) is 9.59 Å². The molecule has 0 spiro atoms. The number of amides is 1. The number of hydrogen-bond acceptors (Lipinski definition) is 2. The average molecular weight is 375 g/mol. The highest BCUT2D eigenvalue weighted by molar-refractivity contribution is 9.10. The van der Waals surface area contributed by atoms with Crippen LogP contribution < -0.4 is 5.32 Å². The zero-order valence-electron chi connectivity index (χ0n) is 11.8. The first-order valence-corrected chi connectivity index (χ1v) is 7.96. The fraction of sp³-hybridized carbons (Fsp3) is 0.467. The van der Waals surface area contributed by atoms with Gasteiger partial charge in [0, 0.05) is 9.50 Å². The summed E-state index contributed by atoms with van der Waals surface area (Å²) >= 11 is 9.45. The van der Waals surface area contributed by atoms with Crippen molar-refractivity contribution in [3.8, 4) is 0 Å². The Morgan fingerprint density at radius 2 is 1.95 bits per heavy atom. The number of carbonyl (C=O) groups excluding carboxylic acids is 1. The van der Waals surface area contributed by atoms with Crippen LogP contribution in [0.5, 0.6) is 0 Å². The fourth-order valence-corrected chi connectivity index (χ4v) is 3.54. The van der Waals surface area contributed by atoms with Gasteiger partial charge in [0.15, 0.2) is 0 Å². The van der Waals surface area contributed by atoms with E-state index in [1.807, 2.05) is 19.9 Å². The Hall–Kier alpha value is -1.07. The van der Waals surface area contributed by atoms with Gasteiger partial charge in [-0.1, -0.05) is 18.5 Å². The number of rotatable bonds is 3. The highest BCUT2D eigenvalue weighted by Gasteiger charge is 2.41. The van der Waals surface area contributed by atoms with E-state index in [0.29, 0.717) is 23.6 Å². The number of benzene rings is 1. The molecule has 2 rings (SSSR count). The number of carboxylic acids is 1. The molecular weight excluding hydrogens is 358 g/mol. The summed E-state index contributed by atoms with van der Waals surface area (Å²) in [5.41, 5.74) is 1.47. The van der Waals surface area contributed by atoms with E-state index in [9.17, 15) is 14.7 Å². The maximum absolute atomic E-state index is 12.4. The molecule has 6 heteroatoms. The third-order valence-corrected chi connectivity index (χ3v) is 5.02. The molecule has 0 aliphatic heterocycles. The molecule has 1 aromatic carbocycles. The van der Waals surface area contributed by atoms with Crippen LogP contribution in [0.1, 0.15) is 25.3 Å². The van der Waals surface area contributed by atoms with Crippen LogP contribution in [0.15, 0.2) is 16.6 Å². The monoisotopic (exact) mass is 373 g/mol. The van der Waals surface area contributed by atoms with Crippen molar-refractivity contribution in [2.24, 2.45) is 17.8 Å². The highest BCUT2D eigenvalue weighted by Crippen LogP contribution is 2.38. The second kappa shape index (κ2) is 6.36. The van der Waals surface area contributed by atoms with Crippen LogP contribution in [-0.4, -0.2) is 17.0 Å². The summed E-state index contributed by atoms with van der Waals surface area (Å²) < 4.78 is 0.732. The lowest BCUT2D eigenvalue weighted by Crippen LogP contribution is -2.30. The standard InChI is InChI=1S/C15H17BrClNO3/c1-7-3-9(10(4-7)15(20)21)14(19)18-13-6-12(17)8(2)5-11(13)16/h5-7,9-10H,3-4H2,1-2H3,(H,18,19)(H,20,21). The van der Waals surface area contributed by atoms with Crippen molar-refractivity contribution >= 4 is 45.1 Å². The lowest BCUT2D eigenvalue weighted by molar-refractivity contribution is -0.145. The number of carbonyl (C=O) groups is 2. The third kappa shape index (κ3) is 3.58. The summed E-state index contributed by atoms with van der Waals surface area (Å²) in [5, 5.41) is 12.6. The zero-order chi connectivity index (χ0) is 15.7. The van der Waals surface area contributed by atoms with Crippen molar-refractivity contribution < 1.29 is 14.7 Å². The van der Waals surface area contributed by atoms with E-state index in [2.05, 4.69) is 21.2 Å². The quantitative estimate of drug-likeness (QED) is 0.837. The largest absolute Gasteiger partial charge is 0.481 e. The van der Waals surface area contributed by atoms with Gasteiger partial charge in [-0.05, 0) is 59.3 Å². The second-order valence-electron chi connectivity index (χ2n) is 5.70. The summed E-state index contributed by atoms with van der Waals surface area (Å²) in [6.07, 6.45) is 1.14. The maximum Gasteiger partial charge on any atom is 0.307 e. The highest BCUT2D eigenvalue weighted by atomic mass is 79.9. The molecule has 1 aliphatic carbocycles. The van der Waals surface area contributed by atoms with Gasteiger partial charge in [0.25, 0.3) is 0 Å². The molecule has 0 heterocycles. The Morgan fingerprint density at radius 1 is 1.33 bits per heavy atom. The maximum atomic E-state index is 12.4. The Kier molecular flexibility index (Phi) is 4.94. The van der Waals surface area contributed by atoms with Gasteiger partial charge in [0.05, 0.1) is 17.5 Å². The van der Waals surface area contributed by atoms with Gasteiger partial charge in [-0.15, -0.1) is 0 Å². The second-order valence-corrected chi connectivity index (χ2v) is 6.96. The van der Waals surface area contributed by atoms with Crippen LogP contribution in [0.4, 0.5) is 5.69 Å². The topological polar surface area (TPSA) is 66.4 Å². The molecule has 0 saturated heterocycles. The van der Waals surface area contributed by atoms with Gasteiger partial charge in [0.1, 0.15) is 0 Å². The van der Waals surface area contributed by atoms with Crippen molar-refractivity contribution in [2.75, 3.05) is 5.32 Å². The van der Waals surface area contributed by atoms with Gasteiger partial charge < -0.3 is 10.4 Å². The molecule has 4 nitrogen and oxygen atoms in total. The van der Waals surface area contributed by atoms with Crippen molar-refractivity contribution in [1.29, 1.82) is 0 Å². The van der Waals surface area contributed by atoms with E-state index in [1.54, 1.807) is 6.07 Å². The van der Waals surface area contributed by atoms with Crippen molar-refractivity contribution in [3.63, 3.8) is 0 Å². The fourth-order valence-electron chi connectivity index (χ4n) is 2.82. The molecule has 3 unspecified atom stereocenters. The molecule has 1 aromatic rings.